The molecule has 2 aromatic rings. The lowest BCUT2D eigenvalue weighted by Crippen LogP contribution is -2.09. The van der Waals surface area contributed by atoms with Gasteiger partial charge in [0, 0.05) is 9.13 Å². The van der Waals surface area contributed by atoms with Crippen LogP contribution in [0.3, 0.4) is 0 Å². The monoisotopic (exact) mass is 382 g/mol. The van der Waals surface area contributed by atoms with Crippen LogP contribution in [-0.4, -0.2) is 19.0 Å². The van der Waals surface area contributed by atoms with E-state index in [1.807, 2.05) is 24.3 Å². The summed E-state index contributed by atoms with van der Waals surface area (Å²) < 4.78 is 12.3. The molecule has 0 saturated carbocycles. The molecular formula is C16H15IO3. The summed E-state index contributed by atoms with van der Waals surface area (Å²) in [5, 5.41) is 0. The molecule has 0 spiro atoms. The van der Waals surface area contributed by atoms with Crippen molar-refractivity contribution in [2.24, 2.45) is 0 Å². The van der Waals surface area contributed by atoms with E-state index in [-0.39, 0.29) is 5.78 Å². The second kappa shape index (κ2) is 7.28. The van der Waals surface area contributed by atoms with Crippen molar-refractivity contribution in [1.29, 1.82) is 0 Å². The van der Waals surface area contributed by atoms with Gasteiger partial charge in [0.1, 0.15) is 24.7 Å². The van der Waals surface area contributed by atoms with E-state index in [0.29, 0.717) is 18.8 Å². The molecule has 0 aromatic heterocycles. The summed E-state index contributed by atoms with van der Waals surface area (Å²) in [4.78, 5) is 11.1. The number of carbonyl (C=O) groups is 1. The zero-order chi connectivity index (χ0) is 14.4. The standard InChI is InChI=1S/C16H15IO3/c1-12(18)13-2-6-15(7-3-13)19-10-11-20-16-8-4-14(17)5-9-16/h2-9H,10-11H2,1H3. The van der Waals surface area contributed by atoms with E-state index >= 15 is 0 Å². The maximum Gasteiger partial charge on any atom is 0.159 e. The van der Waals surface area contributed by atoms with Crippen LogP contribution in [0.1, 0.15) is 17.3 Å². The van der Waals surface area contributed by atoms with Gasteiger partial charge in [0.05, 0.1) is 0 Å². The number of hydrogen-bond acceptors (Lipinski definition) is 3. The Kier molecular flexibility index (Phi) is 5.40. The highest BCUT2D eigenvalue weighted by atomic mass is 127. The third-order valence-corrected chi connectivity index (χ3v) is 3.41. The van der Waals surface area contributed by atoms with Gasteiger partial charge in [-0.3, -0.25) is 4.79 Å². The topological polar surface area (TPSA) is 35.5 Å². The van der Waals surface area contributed by atoms with E-state index in [2.05, 4.69) is 22.6 Å². The second-order valence-corrected chi connectivity index (χ2v) is 5.48. The molecule has 20 heavy (non-hydrogen) atoms. The molecule has 0 aliphatic rings. The Morgan fingerprint density at radius 1 is 0.900 bits per heavy atom. The van der Waals surface area contributed by atoms with Gasteiger partial charge in [-0.2, -0.15) is 0 Å². The second-order valence-electron chi connectivity index (χ2n) is 4.23. The van der Waals surface area contributed by atoms with Gasteiger partial charge in [0.2, 0.25) is 0 Å². The van der Waals surface area contributed by atoms with Crippen LogP contribution in [0.15, 0.2) is 48.5 Å². The molecule has 0 bridgehead atoms. The number of ketones is 1. The van der Waals surface area contributed by atoms with Crippen LogP contribution in [0.5, 0.6) is 11.5 Å². The van der Waals surface area contributed by atoms with Gasteiger partial charge in [-0.15, -0.1) is 0 Å². The van der Waals surface area contributed by atoms with Gasteiger partial charge in [0.25, 0.3) is 0 Å². The Bertz CT molecular complexity index is 561. The lowest BCUT2D eigenvalue weighted by Gasteiger charge is -2.08. The predicted octanol–water partition coefficient (Wildman–Crippen LogP) is 3.95. The molecule has 0 N–H and O–H groups in total. The number of hydrogen-bond donors (Lipinski definition) is 0. The fourth-order valence-corrected chi connectivity index (χ4v) is 2.00. The summed E-state index contributed by atoms with van der Waals surface area (Å²) in [6, 6.07) is 15.0. The van der Waals surface area contributed by atoms with Crippen molar-refractivity contribution >= 4 is 28.4 Å². The van der Waals surface area contributed by atoms with Gasteiger partial charge in [0.15, 0.2) is 5.78 Å². The first-order valence-corrected chi connectivity index (χ1v) is 7.35. The quantitative estimate of drug-likeness (QED) is 0.431. The zero-order valence-electron chi connectivity index (χ0n) is 11.1. The lowest BCUT2D eigenvalue weighted by atomic mass is 10.1. The fourth-order valence-electron chi connectivity index (χ4n) is 1.64. The largest absolute Gasteiger partial charge is 0.490 e. The van der Waals surface area contributed by atoms with E-state index in [4.69, 9.17) is 9.47 Å². The van der Waals surface area contributed by atoms with E-state index in [1.165, 1.54) is 3.57 Å². The SMILES string of the molecule is CC(=O)c1ccc(OCCOc2ccc(I)cc2)cc1. The van der Waals surface area contributed by atoms with Crippen molar-refractivity contribution in [2.75, 3.05) is 13.2 Å². The Morgan fingerprint density at radius 2 is 1.35 bits per heavy atom. The van der Waals surface area contributed by atoms with Crippen LogP contribution >= 0.6 is 22.6 Å². The number of carbonyl (C=O) groups excluding carboxylic acids is 1. The number of halogens is 1. The molecule has 4 heteroatoms. The summed E-state index contributed by atoms with van der Waals surface area (Å²) in [6.07, 6.45) is 0. The number of rotatable bonds is 6. The van der Waals surface area contributed by atoms with Gasteiger partial charge < -0.3 is 9.47 Å². The number of Topliss-reactive ketones (excluding diaryl/α,β-unsaturated/α-hetero) is 1. The Balaban J connectivity index is 1.75. The molecule has 2 aromatic carbocycles. The van der Waals surface area contributed by atoms with Crippen LogP contribution in [0.2, 0.25) is 0 Å². The van der Waals surface area contributed by atoms with Crippen molar-refractivity contribution in [3.8, 4) is 11.5 Å². The summed E-state index contributed by atoms with van der Waals surface area (Å²) >= 11 is 2.25. The summed E-state index contributed by atoms with van der Waals surface area (Å²) in [7, 11) is 0. The molecular weight excluding hydrogens is 367 g/mol. The Hall–Kier alpha value is -1.56. The first-order valence-electron chi connectivity index (χ1n) is 6.27. The summed E-state index contributed by atoms with van der Waals surface area (Å²) in [5.41, 5.74) is 0.687. The van der Waals surface area contributed by atoms with Gasteiger partial charge in [-0.25, -0.2) is 0 Å². The molecule has 104 valence electrons. The first kappa shape index (κ1) is 14.8. The predicted molar refractivity (Wildman–Crippen MR) is 86.6 cm³/mol. The Labute approximate surface area is 132 Å². The molecule has 2 rings (SSSR count). The highest BCUT2D eigenvalue weighted by Gasteiger charge is 2.00. The minimum atomic E-state index is 0.0543. The molecule has 0 atom stereocenters. The van der Waals surface area contributed by atoms with Crippen LogP contribution in [0, 0.1) is 3.57 Å². The maximum atomic E-state index is 11.1. The number of ether oxygens (including phenoxy) is 2. The van der Waals surface area contributed by atoms with Crippen molar-refractivity contribution in [1.82, 2.24) is 0 Å². The molecule has 3 nitrogen and oxygen atoms in total. The molecule has 0 amide bonds. The molecule has 0 fully saturated rings. The van der Waals surface area contributed by atoms with E-state index in [1.54, 1.807) is 31.2 Å². The normalized spacial score (nSPS) is 10.1. The molecule has 0 saturated heterocycles. The van der Waals surface area contributed by atoms with Gasteiger partial charge >= 0.3 is 0 Å². The van der Waals surface area contributed by atoms with Crippen LogP contribution in [-0.2, 0) is 0 Å². The highest BCUT2D eigenvalue weighted by Crippen LogP contribution is 2.14. The van der Waals surface area contributed by atoms with Crippen molar-refractivity contribution in [3.63, 3.8) is 0 Å². The summed E-state index contributed by atoms with van der Waals surface area (Å²) in [6.45, 7) is 2.49. The molecule has 0 radical (unpaired) electrons. The first-order chi connectivity index (χ1) is 9.65. The smallest absolute Gasteiger partial charge is 0.159 e. The fraction of sp³-hybridized carbons (Fsp3) is 0.188. The highest BCUT2D eigenvalue weighted by molar-refractivity contribution is 14.1. The minimum absolute atomic E-state index is 0.0543. The van der Waals surface area contributed by atoms with Gasteiger partial charge in [-0.05, 0) is 78.0 Å². The minimum Gasteiger partial charge on any atom is -0.490 e. The van der Waals surface area contributed by atoms with E-state index in [9.17, 15) is 4.79 Å². The average Bonchev–Trinajstić information content (AvgIpc) is 2.46. The third-order valence-electron chi connectivity index (χ3n) is 2.70. The molecule has 0 aliphatic carbocycles. The van der Waals surface area contributed by atoms with E-state index < -0.39 is 0 Å². The maximum absolute atomic E-state index is 11.1. The number of benzene rings is 2. The average molecular weight is 382 g/mol. The molecule has 0 heterocycles. The molecule has 0 unspecified atom stereocenters. The summed E-state index contributed by atoms with van der Waals surface area (Å²) in [5.74, 6) is 1.63. The van der Waals surface area contributed by atoms with Crippen LogP contribution in [0.25, 0.3) is 0 Å². The lowest BCUT2D eigenvalue weighted by molar-refractivity contribution is 0.101. The van der Waals surface area contributed by atoms with E-state index in [0.717, 1.165) is 11.5 Å². The van der Waals surface area contributed by atoms with Gasteiger partial charge in [-0.1, -0.05) is 0 Å². The van der Waals surface area contributed by atoms with Crippen molar-refractivity contribution in [3.05, 3.63) is 57.7 Å². The Morgan fingerprint density at radius 3 is 1.80 bits per heavy atom. The third kappa shape index (κ3) is 4.52. The molecule has 0 aliphatic heterocycles. The van der Waals surface area contributed by atoms with Crippen LogP contribution in [0.4, 0.5) is 0 Å². The van der Waals surface area contributed by atoms with Crippen molar-refractivity contribution < 1.29 is 14.3 Å². The zero-order valence-corrected chi connectivity index (χ0v) is 13.3. The van der Waals surface area contributed by atoms with Crippen molar-refractivity contribution in [2.45, 2.75) is 6.92 Å². The van der Waals surface area contributed by atoms with Crippen LogP contribution < -0.4 is 9.47 Å².